The fourth-order valence-corrected chi connectivity index (χ4v) is 15.6. The van der Waals surface area contributed by atoms with E-state index in [1.165, 1.54) is 14.2 Å². The molecule has 0 radical (unpaired) electrons. The number of allylic oxidation sites excluding steroid dienone is 22. The molecule has 2 amide bonds. The van der Waals surface area contributed by atoms with Crippen LogP contribution in [-0.2, 0) is 19.1 Å². The third-order valence-electron chi connectivity index (χ3n) is 21.4. The molecule has 10 aliphatic heterocycles. The van der Waals surface area contributed by atoms with Crippen LogP contribution in [0.15, 0.2) is 249 Å². The van der Waals surface area contributed by atoms with Crippen LogP contribution in [0.25, 0.3) is 10.8 Å². The van der Waals surface area contributed by atoms with Crippen molar-refractivity contribution >= 4 is 68.8 Å². The molecule has 2 fully saturated rings. The molecular weight excluding hydrogens is 1200 g/mol. The van der Waals surface area contributed by atoms with E-state index in [1.54, 1.807) is 12.1 Å². The van der Waals surface area contributed by atoms with E-state index in [4.69, 9.17) is 39.4 Å². The summed E-state index contributed by atoms with van der Waals surface area (Å²) < 4.78 is 10.2. The third kappa shape index (κ3) is 10.6. The van der Waals surface area contributed by atoms with Crippen LogP contribution in [0.1, 0.15) is 141 Å². The molecule has 488 valence electrons. The van der Waals surface area contributed by atoms with Gasteiger partial charge in [0.15, 0.2) is 0 Å². The summed E-state index contributed by atoms with van der Waals surface area (Å²) in [5.74, 6) is -0.918. The third-order valence-corrected chi connectivity index (χ3v) is 21.4. The van der Waals surface area contributed by atoms with E-state index in [1.807, 2.05) is 76.3 Å². The molecular formula is C78H78N10O8. The van der Waals surface area contributed by atoms with Gasteiger partial charge in [-0.05, 0) is 183 Å². The van der Waals surface area contributed by atoms with E-state index in [-0.39, 0.29) is 84.9 Å². The number of fused-ring (bicyclic) bond motifs is 11. The Morgan fingerprint density at radius 1 is 0.500 bits per heavy atom. The lowest BCUT2D eigenvalue weighted by Gasteiger charge is -2.17. The Morgan fingerprint density at radius 3 is 1.24 bits per heavy atom. The lowest BCUT2D eigenvalue weighted by atomic mass is 9.86. The summed E-state index contributed by atoms with van der Waals surface area (Å²) in [4.78, 5) is 85.3. The average molecular weight is 1280 g/mol. The van der Waals surface area contributed by atoms with E-state index < -0.39 is 0 Å². The zero-order valence-electron chi connectivity index (χ0n) is 56.3. The number of aliphatic imine (C=N–C) groups is 6. The second-order valence-electron chi connectivity index (χ2n) is 26.6. The van der Waals surface area contributed by atoms with Crippen LogP contribution in [0.5, 0.6) is 0 Å². The summed E-state index contributed by atoms with van der Waals surface area (Å²) in [6.45, 7) is 21.0. The number of ether oxygens (including phenoxy) is 2. The summed E-state index contributed by atoms with van der Waals surface area (Å²) >= 11 is 0. The molecule has 10 heterocycles. The Bertz CT molecular complexity index is 4510. The summed E-state index contributed by atoms with van der Waals surface area (Å²) in [5, 5.41) is 38.6. The Balaban J connectivity index is 0.726. The standard InChI is InChI=1S/C78H78N10O8/c1-13-47-35(3)57-29-65-53(39(7)55(83-65)27-59-37(5)49(19-21-69(91)95-11)73(85-59)51-25-67(89)71-41(9)61(87-75(51)71)31-63(47)81-57)33-79-77(93)45-17-15-44-24-46(18-16-43(44)23-45)78(94)80-34-54-40(8)56-28-60-38(6)50(20-22-70(92)96-12)74(86-60)52-26-68(90)72-42(10)62(88-76(52)72)32-64-48(14-2)36(4)58(82-64)30-66(54)84-56/h15-18,23-24,27-32,37-38,49-50,85-86,89-90H,13-14,19-22,25-26,33-34H2,1-12H3,(H,79,93)(H,80,94)/t37-,38-,49-,50-/m0/s1. The van der Waals surface area contributed by atoms with E-state index in [0.29, 0.717) is 48.2 Å². The highest BCUT2D eigenvalue weighted by atomic mass is 16.5. The van der Waals surface area contributed by atoms with Crippen LogP contribution < -0.4 is 21.3 Å². The minimum atomic E-state index is -0.291. The van der Waals surface area contributed by atoms with Gasteiger partial charge >= 0.3 is 11.9 Å². The van der Waals surface area contributed by atoms with E-state index in [9.17, 15) is 29.4 Å². The quantitative estimate of drug-likeness (QED) is 0.0976. The van der Waals surface area contributed by atoms with Gasteiger partial charge in [0, 0.05) is 130 Å². The lowest BCUT2D eigenvalue weighted by Crippen LogP contribution is -2.26. The van der Waals surface area contributed by atoms with Crippen molar-refractivity contribution in [2.45, 2.75) is 121 Å². The van der Waals surface area contributed by atoms with Crippen molar-refractivity contribution in [1.82, 2.24) is 21.3 Å². The van der Waals surface area contributed by atoms with Crippen LogP contribution in [0, 0.1) is 23.7 Å². The van der Waals surface area contributed by atoms with Gasteiger partial charge in [-0.15, -0.1) is 0 Å². The van der Waals surface area contributed by atoms with Crippen LogP contribution in [0.4, 0.5) is 0 Å². The highest BCUT2D eigenvalue weighted by Crippen LogP contribution is 2.49. The van der Waals surface area contributed by atoms with Crippen molar-refractivity contribution < 1.29 is 38.9 Å². The zero-order chi connectivity index (χ0) is 67.4. The summed E-state index contributed by atoms with van der Waals surface area (Å²) in [5.41, 5.74) is 26.3. The van der Waals surface area contributed by atoms with Gasteiger partial charge in [-0.25, -0.2) is 30.0 Å². The minimum Gasteiger partial charge on any atom is -0.511 e. The average Bonchev–Trinajstić information content (AvgIpc) is 1.59. The molecule has 16 bridgehead atoms. The molecule has 0 unspecified atom stereocenters. The van der Waals surface area contributed by atoms with Crippen LogP contribution >= 0.6 is 0 Å². The van der Waals surface area contributed by atoms with Gasteiger partial charge in [-0.2, -0.15) is 0 Å². The topological polar surface area (TPSA) is 249 Å². The molecule has 2 aromatic rings. The summed E-state index contributed by atoms with van der Waals surface area (Å²) in [6, 6.07) is 10.9. The maximum Gasteiger partial charge on any atom is 0.305 e. The number of rotatable bonds is 14. The molecule has 2 aliphatic carbocycles. The molecule has 2 saturated heterocycles. The molecule has 14 rings (SSSR count). The second kappa shape index (κ2) is 24.4. The molecule has 4 atom stereocenters. The fourth-order valence-electron chi connectivity index (χ4n) is 15.6. The Kier molecular flexibility index (Phi) is 16.1. The molecule has 12 aliphatic rings. The summed E-state index contributed by atoms with van der Waals surface area (Å²) in [6.07, 6.45) is 15.8. The highest BCUT2D eigenvalue weighted by Gasteiger charge is 2.44. The molecule has 2 aromatic carbocycles. The molecule has 6 N–H and O–H groups in total. The number of carbonyl (C=O) groups is 4. The zero-order valence-corrected chi connectivity index (χ0v) is 56.3. The number of esters is 2. The van der Waals surface area contributed by atoms with Crippen molar-refractivity contribution in [3.05, 3.63) is 230 Å². The maximum atomic E-state index is 14.4. The van der Waals surface area contributed by atoms with Crippen molar-refractivity contribution in [2.24, 2.45) is 53.6 Å². The number of hydrogen-bond acceptors (Lipinski definition) is 16. The van der Waals surface area contributed by atoms with Gasteiger partial charge in [0.1, 0.15) is 11.5 Å². The van der Waals surface area contributed by atoms with Gasteiger partial charge < -0.3 is 41.0 Å². The normalized spacial score (nSPS) is 23.2. The van der Waals surface area contributed by atoms with Crippen molar-refractivity contribution in [1.29, 1.82) is 0 Å². The van der Waals surface area contributed by atoms with Gasteiger partial charge in [-0.1, -0.05) is 39.8 Å². The molecule has 18 nitrogen and oxygen atoms in total. The second-order valence-corrected chi connectivity index (χ2v) is 26.6. The lowest BCUT2D eigenvalue weighted by molar-refractivity contribution is -0.141. The van der Waals surface area contributed by atoms with Gasteiger partial charge in [0.05, 0.1) is 82.7 Å². The number of nitrogens with zero attached hydrogens (tertiary/aromatic N) is 6. The Hall–Kier alpha value is -10.4. The number of amides is 2. The van der Waals surface area contributed by atoms with Crippen molar-refractivity contribution in [2.75, 3.05) is 27.3 Å². The van der Waals surface area contributed by atoms with Crippen LogP contribution in [-0.4, -0.2) is 95.5 Å². The number of aliphatic hydroxyl groups excluding tert-OH is 2. The number of carbonyl (C=O) groups excluding carboxylic acids is 4. The molecule has 0 spiro atoms. The smallest absolute Gasteiger partial charge is 0.305 e. The van der Waals surface area contributed by atoms with Gasteiger partial charge in [0.25, 0.3) is 11.8 Å². The largest absolute Gasteiger partial charge is 0.511 e. The highest BCUT2D eigenvalue weighted by molar-refractivity contribution is 6.23. The van der Waals surface area contributed by atoms with E-state index in [0.717, 1.165) is 181 Å². The van der Waals surface area contributed by atoms with Crippen LogP contribution in [0.2, 0.25) is 0 Å². The number of benzene rings is 2. The molecule has 0 aromatic heterocycles. The Labute approximate surface area is 558 Å². The summed E-state index contributed by atoms with van der Waals surface area (Å²) in [7, 11) is 2.81. The first kappa shape index (κ1) is 63.1. The van der Waals surface area contributed by atoms with E-state index in [2.05, 4.69) is 75.0 Å². The van der Waals surface area contributed by atoms with Gasteiger partial charge in [0.2, 0.25) is 0 Å². The van der Waals surface area contributed by atoms with Gasteiger partial charge in [-0.3, -0.25) is 19.2 Å². The first-order valence-electron chi connectivity index (χ1n) is 33.3. The number of methoxy groups -OCH3 is 2. The first-order valence-corrected chi connectivity index (χ1v) is 33.3. The number of nitrogens with one attached hydrogen (secondary N) is 4. The van der Waals surface area contributed by atoms with Crippen molar-refractivity contribution in [3.63, 3.8) is 0 Å². The van der Waals surface area contributed by atoms with Crippen LogP contribution in [0.3, 0.4) is 0 Å². The van der Waals surface area contributed by atoms with Crippen molar-refractivity contribution in [3.8, 4) is 0 Å². The predicted octanol–water partition coefficient (Wildman–Crippen LogP) is 13.5. The fraction of sp³-hybridized carbons (Fsp3) is 0.333. The Morgan fingerprint density at radius 2 is 0.865 bits per heavy atom. The number of hydrogen-bond donors (Lipinski definition) is 6. The van der Waals surface area contributed by atoms with E-state index >= 15 is 0 Å². The SMILES string of the molecule is CCC1=C(C)C2=NC1=CC1=C(C)C3=C(O)CC(=C4NC(=CC5=NC(=C2)C(CNC(=O)c2ccc6cc(C(=O)NCC7=C(C)C8=NC7=CC7=NC(=CC9=C(C)C%10=C(O)CC(=C%11NC(=C8)[C@@H](C)[C@@H]%11CCC(=O)OC)C%10=N9)C(CC)=C7C)ccc6c2)=C5C)[C@@H](C)[C@@H]4CCC(=O)OC)C3=N1. The first-order chi connectivity index (χ1) is 46.1. The molecule has 18 heteroatoms. The predicted molar refractivity (Wildman–Crippen MR) is 375 cm³/mol. The number of aliphatic hydroxyl groups is 2. The molecule has 0 saturated carbocycles. The maximum absolute atomic E-state index is 14.4. The minimum absolute atomic E-state index is 0.0586. The molecule has 96 heavy (non-hydrogen) atoms. The monoisotopic (exact) mass is 1280 g/mol.